The van der Waals surface area contributed by atoms with E-state index in [1.807, 2.05) is 24.6 Å². The van der Waals surface area contributed by atoms with Gasteiger partial charge in [-0.15, -0.1) is 0 Å². The molecule has 0 unspecified atom stereocenters. The molecule has 0 aliphatic heterocycles. The van der Waals surface area contributed by atoms with Crippen molar-refractivity contribution in [3.8, 4) is 0 Å². The molecular weight excluding hydrogens is 280 g/mol. The highest BCUT2D eigenvalue weighted by atomic mass is 16.1. The van der Waals surface area contributed by atoms with Crippen LogP contribution in [0.3, 0.4) is 0 Å². The van der Waals surface area contributed by atoms with E-state index in [4.69, 9.17) is 0 Å². The molecule has 7 nitrogen and oxygen atoms in total. The van der Waals surface area contributed by atoms with Gasteiger partial charge in [-0.3, -0.25) is 9.48 Å². The second-order valence-corrected chi connectivity index (χ2v) is 5.21. The van der Waals surface area contributed by atoms with Crippen LogP contribution in [0.1, 0.15) is 28.2 Å². The van der Waals surface area contributed by atoms with Crippen LogP contribution >= 0.6 is 0 Å². The molecule has 3 aromatic heterocycles. The first kappa shape index (κ1) is 14.2. The zero-order valence-corrected chi connectivity index (χ0v) is 12.7. The van der Waals surface area contributed by atoms with E-state index >= 15 is 0 Å². The molecule has 0 spiro atoms. The Morgan fingerprint density at radius 3 is 3.00 bits per heavy atom. The van der Waals surface area contributed by atoms with Gasteiger partial charge < -0.3 is 5.32 Å². The number of nitrogens with zero attached hydrogens (tertiary/aromatic N) is 5. The Labute approximate surface area is 128 Å². The first-order valence-corrected chi connectivity index (χ1v) is 7.23. The fourth-order valence-electron chi connectivity index (χ4n) is 2.41. The summed E-state index contributed by atoms with van der Waals surface area (Å²) in [5.41, 5.74) is 3.21. The van der Waals surface area contributed by atoms with E-state index in [2.05, 4.69) is 20.5 Å². The SMILES string of the molecule is Cc1cc(C)n(CCCNC(=O)c2cnn3cccnc23)n1. The average Bonchev–Trinajstić information content (AvgIpc) is 3.06. The fourth-order valence-corrected chi connectivity index (χ4v) is 2.41. The van der Waals surface area contributed by atoms with Crippen LogP contribution < -0.4 is 5.32 Å². The Morgan fingerprint density at radius 1 is 1.36 bits per heavy atom. The van der Waals surface area contributed by atoms with Crippen molar-refractivity contribution < 1.29 is 4.79 Å². The predicted molar refractivity (Wildman–Crippen MR) is 81.6 cm³/mol. The molecule has 22 heavy (non-hydrogen) atoms. The van der Waals surface area contributed by atoms with Crippen molar-refractivity contribution >= 4 is 11.6 Å². The molecule has 0 aliphatic rings. The number of rotatable bonds is 5. The van der Waals surface area contributed by atoms with Gasteiger partial charge in [-0.25, -0.2) is 9.50 Å². The number of aromatic nitrogens is 5. The van der Waals surface area contributed by atoms with Crippen molar-refractivity contribution in [1.82, 2.24) is 29.7 Å². The van der Waals surface area contributed by atoms with Gasteiger partial charge in [0.05, 0.1) is 11.9 Å². The average molecular weight is 298 g/mol. The minimum atomic E-state index is -0.151. The third kappa shape index (κ3) is 2.83. The number of hydrogen-bond acceptors (Lipinski definition) is 4. The smallest absolute Gasteiger partial charge is 0.256 e. The summed E-state index contributed by atoms with van der Waals surface area (Å²) in [5, 5.41) is 11.4. The molecule has 0 atom stereocenters. The highest BCUT2D eigenvalue weighted by Crippen LogP contribution is 2.06. The molecule has 1 amide bonds. The van der Waals surface area contributed by atoms with Crippen molar-refractivity contribution in [3.05, 3.63) is 47.7 Å². The lowest BCUT2D eigenvalue weighted by Crippen LogP contribution is -2.25. The Kier molecular flexibility index (Phi) is 3.86. The monoisotopic (exact) mass is 298 g/mol. The first-order valence-electron chi connectivity index (χ1n) is 7.23. The van der Waals surface area contributed by atoms with E-state index in [0.29, 0.717) is 17.8 Å². The lowest BCUT2D eigenvalue weighted by molar-refractivity contribution is 0.0954. The zero-order chi connectivity index (χ0) is 15.5. The summed E-state index contributed by atoms with van der Waals surface area (Å²) in [6.45, 7) is 5.38. The summed E-state index contributed by atoms with van der Waals surface area (Å²) in [7, 11) is 0. The summed E-state index contributed by atoms with van der Waals surface area (Å²) in [6, 6.07) is 3.82. The Bertz CT molecular complexity index is 803. The van der Waals surface area contributed by atoms with Crippen LogP contribution in [-0.2, 0) is 6.54 Å². The molecule has 0 fully saturated rings. The molecule has 3 heterocycles. The Morgan fingerprint density at radius 2 is 2.23 bits per heavy atom. The third-order valence-electron chi connectivity index (χ3n) is 3.46. The van der Waals surface area contributed by atoms with Gasteiger partial charge in [-0.2, -0.15) is 10.2 Å². The molecular formula is C15H18N6O. The summed E-state index contributed by atoms with van der Waals surface area (Å²) in [6.07, 6.45) is 5.78. The quantitative estimate of drug-likeness (QED) is 0.722. The zero-order valence-electron chi connectivity index (χ0n) is 12.7. The number of carbonyl (C=O) groups excluding carboxylic acids is 1. The van der Waals surface area contributed by atoms with Crippen molar-refractivity contribution in [2.45, 2.75) is 26.8 Å². The van der Waals surface area contributed by atoms with Crippen LogP contribution in [0.4, 0.5) is 0 Å². The molecule has 114 valence electrons. The molecule has 0 saturated heterocycles. The van der Waals surface area contributed by atoms with Crippen LogP contribution in [0.2, 0.25) is 0 Å². The summed E-state index contributed by atoms with van der Waals surface area (Å²) in [5.74, 6) is -0.151. The van der Waals surface area contributed by atoms with Gasteiger partial charge in [0.25, 0.3) is 5.91 Å². The minimum absolute atomic E-state index is 0.151. The Hall–Kier alpha value is -2.70. The molecule has 0 radical (unpaired) electrons. The predicted octanol–water partition coefficient (Wildman–Crippen LogP) is 1.36. The van der Waals surface area contributed by atoms with Crippen molar-refractivity contribution in [3.63, 3.8) is 0 Å². The topological polar surface area (TPSA) is 77.1 Å². The molecule has 3 rings (SSSR count). The number of carbonyl (C=O) groups is 1. The van der Waals surface area contributed by atoms with E-state index < -0.39 is 0 Å². The van der Waals surface area contributed by atoms with E-state index in [1.165, 1.54) is 0 Å². The molecule has 0 aliphatic carbocycles. The van der Waals surface area contributed by atoms with E-state index in [9.17, 15) is 4.79 Å². The molecule has 0 saturated carbocycles. The molecule has 7 heteroatoms. The molecule has 1 N–H and O–H groups in total. The fraction of sp³-hybridized carbons (Fsp3) is 0.333. The van der Waals surface area contributed by atoms with Crippen LogP contribution in [0.25, 0.3) is 5.65 Å². The van der Waals surface area contributed by atoms with Gasteiger partial charge in [-0.1, -0.05) is 0 Å². The number of nitrogens with one attached hydrogen (secondary N) is 1. The number of hydrogen-bond donors (Lipinski definition) is 1. The lowest BCUT2D eigenvalue weighted by Gasteiger charge is -2.06. The standard InChI is InChI=1S/C15H18N6O/c1-11-9-12(2)20(19-11)7-4-6-17-15(22)13-10-18-21-8-3-5-16-14(13)21/h3,5,8-10H,4,6-7H2,1-2H3,(H,17,22). The number of aryl methyl sites for hydroxylation is 3. The van der Waals surface area contributed by atoms with Crippen molar-refractivity contribution in [1.29, 1.82) is 0 Å². The minimum Gasteiger partial charge on any atom is -0.352 e. The maximum absolute atomic E-state index is 12.2. The van der Waals surface area contributed by atoms with Crippen molar-refractivity contribution in [2.75, 3.05) is 6.54 Å². The van der Waals surface area contributed by atoms with Gasteiger partial charge in [0, 0.05) is 31.2 Å². The van der Waals surface area contributed by atoms with Crippen LogP contribution in [0.15, 0.2) is 30.7 Å². The maximum atomic E-state index is 12.2. The van der Waals surface area contributed by atoms with E-state index in [0.717, 1.165) is 24.4 Å². The maximum Gasteiger partial charge on any atom is 0.256 e. The second kappa shape index (κ2) is 5.97. The summed E-state index contributed by atoms with van der Waals surface area (Å²) >= 11 is 0. The molecule has 0 aromatic carbocycles. The van der Waals surface area contributed by atoms with Crippen molar-refractivity contribution in [2.24, 2.45) is 0 Å². The summed E-state index contributed by atoms with van der Waals surface area (Å²) < 4.78 is 3.54. The molecule has 0 bridgehead atoms. The highest BCUT2D eigenvalue weighted by molar-refractivity contribution is 5.99. The largest absolute Gasteiger partial charge is 0.352 e. The van der Waals surface area contributed by atoms with Gasteiger partial charge in [0.2, 0.25) is 0 Å². The number of amides is 1. The van der Waals surface area contributed by atoms with Gasteiger partial charge >= 0.3 is 0 Å². The van der Waals surface area contributed by atoms with E-state index in [-0.39, 0.29) is 5.91 Å². The van der Waals surface area contributed by atoms with Gasteiger partial charge in [0.1, 0.15) is 5.56 Å². The van der Waals surface area contributed by atoms with Crippen LogP contribution in [-0.4, -0.2) is 36.8 Å². The normalized spacial score (nSPS) is 11.0. The molecule has 3 aromatic rings. The lowest BCUT2D eigenvalue weighted by atomic mass is 10.3. The number of fused-ring (bicyclic) bond motifs is 1. The van der Waals surface area contributed by atoms with E-state index in [1.54, 1.807) is 29.2 Å². The van der Waals surface area contributed by atoms with Crippen LogP contribution in [0.5, 0.6) is 0 Å². The highest BCUT2D eigenvalue weighted by Gasteiger charge is 2.12. The Balaban J connectivity index is 1.55. The third-order valence-corrected chi connectivity index (χ3v) is 3.46. The first-order chi connectivity index (χ1) is 10.6. The second-order valence-electron chi connectivity index (χ2n) is 5.21. The summed E-state index contributed by atoms with van der Waals surface area (Å²) in [4.78, 5) is 16.4. The van der Waals surface area contributed by atoms with Gasteiger partial charge in [0.15, 0.2) is 5.65 Å². The van der Waals surface area contributed by atoms with Gasteiger partial charge in [-0.05, 0) is 32.4 Å². The van der Waals surface area contributed by atoms with Crippen LogP contribution in [0, 0.1) is 13.8 Å².